The third-order valence-corrected chi connectivity index (χ3v) is 5.73. The summed E-state index contributed by atoms with van der Waals surface area (Å²) in [5.41, 5.74) is 2.31. The van der Waals surface area contributed by atoms with E-state index in [9.17, 15) is 19.6 Å². The van der Waals surface area contributed by atoms with Crippen LogP contribution in [0.15, 0.2) is 46.1 Å². The fourth-order valence-corrected chi connectivity index (χ4v) is 3.74. The monoisotopic (exact) mass is 432 g/mol. The molecule has 9 heteroatoms. The van der Waals surface area contributed by atoms with Crippen LogP contribution in [-0.4, -0.2) is 24.8 Å². The Kier molecular flexibility index (Phi) is 5.77. The van der Waals surface area contributed by atoms with Crippen molar-refractivity contribution in [1.29, 1.82) is 5.26 Å². The van der Waals surface area contributed by atoms with Crippen LogP contribution in [-0.2, 0) is 24.4 Å². The van der Waals surface area contributed by atoms with Crippen LogP contribution in [0.4, 0.5) is 0 Å². The van der Waals surface area contributed by atoms with E-state index in [0.717, 1.165) is 39.9 Å². The summed E-state index contributed by atoms with van der Waals surface area (Å²) in [6, 6.07) is 11.8. The fraction of sp³-hybridized carbons (Fsp3) is 0.348. The lowest BCUT2D eigenvalue weighted by molar-refractivity contribution is -0.121. The highest BCUT2D eigenvalue weighted by atomic mass is 16.2. The van der Waals surface area contributed by atoms with E-state index in [4.69, 9.17) is 0 Å². The maximum Gasteiger partial charge on any atom is 0.331 e. The van der Waals surface area contributed by atoms with E-state index < -0.39 is 23.7 Å². The smallest absolute Gasteiger partial charge is 0.331 e. The van der Waals surface area contributed by atoms with Gasteiger partial charge in [0.05, 0.1) is 12.2 Å². The van der Waals surface area contributed by atoms with Gasteiger partial charge in [-0.15, -0.1) is 0 Å². The lowest BCUT2D eigenvalue weighted by Crippen LogP contribution is -2.44. The summed E-state index contributed by atoms with van der Waals surface area (Å²) in [6.07, 6.45) is 2.94. The number of carbonyl (C=O) groups excluding carboxylic acids is 1. The second-order valence-corrected chi connectivity index (χ2v) is 8.04. The van der Waals surface area contributed by atoms with E-state index in [1.54, 1.807) is 0 Å². The van der Waals surface area contributed by atoms with Gasteiger partial charge in [0, 0.05) is 30.0 Å². The minimum Gasteiger partial charge on any atom is -0.350 e. The van der Waals surface area contributed by atoms with Crippen LogP contribution in [0.5, 0.6) is 0 Å². The molecule has 1 aliphatic rings. The molecule has 1 aliphatic carbocycles. The lowest BCUT2D eigenvalue weighted by Gasteiger charge is -2.11. The zero-order valence-electron chi connectivity index (χ0n) is 18.0. The number of hydrogen-bond donors (Lipinski definition) is 1. The van der Waals surface area contributed by atoms with Crippen LogP contribution in [0.2, 0.25) is 0 Å². The van der Waals surface area contributed by atoms with Gasteiger partial charge in [0.1, 0.15) is 18.2 Å². The summed E-state index contributed by atoms with van der Waals surface area (Å²) in [5, 5.41) is 16.6. The number of aromatic nitrogens is 4. The van der Waals surface area contributed by atoms with Gasteiger partial charge < -0.3 is 5.32 Å². The standard InChI is InChI=1S/C23H24N6O3/c1-15-20(16(2)29(26-15)12-17-6-4-3-5-7-17)11-25-21(30)14-28-22(31)18(10-24)13-27(23(28)32)19-8-9-19/h3-7,13,19H,8-9,11-12,14H2,1-2H3,(H,25,30). The number of amides is 1. The van der Waals surface area contributed by atoms with Crippen LogP contribution < -0.4 is 16.6 Å². The van der Waals surface area contributed by atoms with E-state index >= 15 is 0 Å². The summed E-state index contributed by atoms with van der Waals surface area (Å²) in [7, 11) is 0. The largest absolute Gasteiger partial charge is 0.350 e. The van der Waals surface area contributed by atoms with Crippen LogP contribution in [0.25, 0.3) is 0 Å². The molecule has 0 spiro atoms. The van der Waals surface area contributed by atoms with Crippen LogP contribution in [0, 0.1) is 25.2 Å². The molecule has 0 saturated heterocycles. The zero-order valence-corrected chi connectivity index (χ0v) is 18.0. The number of aryl methyl sites for hydroxylation is 1. The molecule has 0 bridgehead atoms. The molecule has 1 N–H and O–H groups in total. The Morgan fingerprint density at radius 3 is 2.59 bits per heavy atom. The second kappa shape index (κ2) is 8.67. The summed E-state index contributed by atoms with van der Waals surface area (Å²) in [6.45, 7) is 4.24. The third-order valence-electron chi connectivity index (χ3n) is 5.73. The van der Waals surface area contributed by atoms with Gasteiger partial charge in [-0.2, -0.15) is 10.4 Å². The predicted molar refractivity (Wildman–Crippen MR) is 117 cm³/mol. The lowest BCUT2D eigenvalue weighted by atomic mass is 10.2. The molecule has 1 amide bonds. The zero-order chi connectivity index (χ0) is 22.8. The summed E-state index contributed by atoms with van der Waals surface area (Å²) < 4.78 is 4.11. The molecule has 1 aromatic carbocycles. The van der Waals surface area contributed by atoms with Gasteiger partial charge >= 0.3 is 5.69 Å². The molecule has 3 aromatic rings. The highest BCUT2D eigenvalue weighted by Gasteiger charge is 2.27. The first kappa shape index (κ1) is 21.3. The number of nitrogens with zero attached hydrogens (tertiary/aromatic N) is 5. The van der Waals surface area contributed by atoms with Gasteiger partial charge in [0.2, 0.25) is 5.91 Å². The van der Waals surface area contributed by atoms with Crippen molar-refractivity contribution in [3.8, 4) is 6.07 Å². The van der Waals surface area contributed by atoms with Crippen molar-refractivity contribution in [2.75, 3.05) is 0 Å². The Bertz CT molecular complexity index is 1320. The molecular formula is C23H24N6O3. The predicted octanol–water partition coefficient (Wildman–Crippen LogP) is 1.39. The Morgan fingerprint density at radius 1 is 1.22 bits per heavy atom. The minimum atomic E-state index is -0.743. The molecule has 164 valence electrons. The molecule has 32 heavy (non-hydrogen) atoms. The van der Waals surface area contributed by atoms with E-state index in [0.29, 0.717) is 6.54 Å². The molecule has 1 saturated carbocycles. The van der Waals surface area contributed by atoms with Crippen LogP contribution in [0.1, 0.15) is 47.0 Å². The van der Waals surface area contributed by atoms with Gasteiger partial charge in [-0.3, -0.25) is 18.8 Å². The van der Waals surface area contributed by atoms with Gasteiger partial charge in [-0.1, -0.05) is 30.3 Å². The Hall–Kier alpha value is -3.93. The second-order valence-electron chi connectivity index (χ2n) is 8.04. The molecule has 0 unspecified atom stereocenters. The maximum atomic E-state index is 12.7. The minimum absolute atomic E-state index is 0.00901. The van der Waals surface area contributed by atoms with Crippen LogP contribution in [0.3, 0.4) is 0 Å². The normalized spacial score (nSPS) is 13.0. The Morgan fingerprint density at radius 2 is 1.94 bits per heavy atom. The summed E-state index contributed by atoms with van der Waals surface area (Å²) in [5.74, 6) is -0.476. The summed E-state index contributed by atoms with van der Waals surface area (Å²) >= 11 is 0. The van der Waals surface area contributed by atoms with E-state index in [-0.39, 0.29) is 18.2 Å². The highest BCUT2D eigenvalue weighted by Crippen LogP contribution is 2.33. The molecule has 2 aromatic heterocycles. The maximum absolute atomic E-state index is 12.7. The van der Waals surface area contributed by atoms with E-state index in [2.05, 4.69) is 10.4 Å². The number of rotatable bonds is 7. The van der Waals surface area contributed by atoms with Crippen LogP contribution >= 0.6 is 0 Å². The number of nitriles is 1. The van der Waals surface area contributed by atoms with Gasteiger partial charge in [-0.05, 0) is 32.3 Å². The fourth-order valence-electron chi connectivity index (χ4n) is 3.74. The van der Waals surface area contributed by atoms with Crippen molar-refractivity contribution < 1.29 is 4.79 Å². The first-order chi connectivity index (χ1) is 15.4. The highest BCUT2D eigenvalue weighted by molar-refractivity contribution is 5.75. The molecule has 9 nitrogen and oxygen atoms in total. The van der Waals surface area contributed by atoms with Gasteiger partial charge in [0.25, 0.3) is 5.56 Å². The SMILES string of the molecule is Cc1nn(Cc2ccccc2)c(C)c1CNC(=O)Cn1c(=O)c(C#N)cn(C2CC2)c1=O. The van der Waals surface area contributed by atoms with Crippen molar-refractivity contribution in [2.24, 2.45) is 0 Å². The van der Waals surface area contributed by atoms with Crippen molar-refractivity contribution in [2.45, 2.75) is 52.4 Å². The van der Waals surface area contributed by atoms with Crippen molar-refractivity contribution in [3.63, 3.8) is 0 Å². The molecule has 2 heterocycles. The number of nitrogens with one attached hydrogen (secondary N) is 1. The average Bonchev–Trinajstić information content (AvgIpc) is 3.58. The molecule has 1 fully saturated rings. The molecule has 0 radical (unpaired) electrons. The molecule has 4 rings (SSSR count). The van der Waals surface area contributed by atoms with E-state index in [1.807, 2.05) is 54.9 Å². The van der Waals surface area contributed by atoms with Crippen molar-refractivity contribution in [3.05, 3.63) is 85.4 Å². The summed E-state index contributed by atoms with van der Waals surface area (Å²) in [4.78, 5) is 37.7. The first-order valence-electron chi connectivity index (χ1n) is 10.5. The molecule has 0 atom stereocenters. The molecule has 0 aliphatic heterocycles. The number of benzene rings is 1. The third kappa shape index (κ3) is 4.25. The molecular weight excluding hydrogens is 408 g/mol. The number of hydrogen-bond acceptors (Lipinski definition) is 5. The van der Waals surface area contributed by atoms with Crippen molar-refractivity contribution >= 4 is 5.91 Å². The van der Waals surface area contributed by atoms with Gasteiger partial charge in [-0.25, -0.2) is 9.36 Å². The van der Waals surface area contributed by atoms with E-state index in [1.165, 1.54) is 10.8 Å². The Balaban J connectivity index is 1.49. The average molecular weight is 432 g/mol. The topological polar surface area (TPSA) is 115 Å². The first-order valence-corrected chi connectivity index (χ1v) is 10.5. The van der Waals surface area contributed by atoms with Gasteiger partial charge in [0.15, 0.2) is 0 Å². The number of carbonyl (C=O) groups is 1. The van der Waals surface area contributed by atoms with Crippen molar-refractivity contribution in [1.82, 2.24) is 24.2 Å². The quantitative estimate of drug-likeness (QED) is 0.606. The Labute approximate surface area is 184 Å².